The second-order valence-electron chi connectivity index (χ2n) is 8.53. The van der Waals surface area contributed by atoms with Crippen LogP contribution >= 0.6 is 11.8 Å². The molecule has 0 aliphatic carbocycles. The van der Waals surface area contributed by atoms with E-state index >= 15 is 0 Å². The number of thioether (sulfide) groups is 1. The Kier molecular flexibility index (Phi) is 9.97. The maximum absolute atomic E-state index is 13.4. The topological polar surface area (TPSA) is 101 Å². The van der Waals surface area contributed by atoms with Gasteiger partial charge < -0.3 is 15.6 Å². The van der Waals surface area contributed by atoms with Crippen molar-refractivity contribution >= 4 is 17.7 Å². The Morgan fingerprint density at radius 3 is 2.38 bits per heavy atom. The van der Waals surface area contributed by atoms with Crippen LogP contribution in [0.5, 0.6) is 0 Å². The third-order valence-electron chi connectivity index (χ3n) is 5.68. The van der Waals surface area contributed by atoms with Crippen LogP contribution < -0.4 is 16.5 Å². The molecule has 0 radical (unpaired) electrons. The zero-order valence-electron chi connectivity index (χ0n) is 21.2. The monoisotopic (exact) mass is 530 g/mol. The van der Waals surface area contributed by atoms with Crippen molar-refractivity contribution in [3.8, 4) is 17.3 Å². The van der Waals surface area contributed by atoms with Gasteiger partial charge in [-0.15, -0.1) is 11.8 Å². The average molecular weight is 531 g/mol. The van der Waals surface area contributed by atoms with Crippen molar-refractivity contribution in [2.45, 2.75) is 51.4 Å². The first-order valence-electron chi connectivity index (χ1n) is 11.3. The fourth-order valence-electron chi connectivity index (χ4n) is 3.94. The number of amides is 1. The van der Waals surface area contributed by atoms with Crippen LogP contribution in [0.25, 0.3) is 11.1 Å². The van der Waals surface area contributed by atoms with Gasteiger partial charge in [-0.05, 0) is 68.8 Å². The van der Waals surface area contributed by atoms with Gasteiger partial charge in [-0.1, -0.05) is 24.3 Å². The first kappa shape index (κ1) is 29.5. The zero-order valence-corrected chi connectivity index (χ0v) is 22.1. The number of hydrogen-bond acceptors (Lipinski definition) is 5. The Hall–Kier alpha value is -3.71. The Morgan fingerprint density at radius 2 is 1.84 bits per heavy atom. The normalized spacial score (nSPS) is 10.9. The van der Waals surface area contributed by atoms with Gasteiger partial charge in [0.15, 0.2) is 6.19 Å². The smallest absolute Gasteiger partial charge is 0.348 e. The Morgan fingerprint density at radius 1 is 1.19 bits per heavy atom. The predicted molar refractivity (Wildman–Crippen MR) is 140 cm³/mol. The molecule has 37 heavy (non-hydrogen) atoms. The van der Waals surface area contributed by atoms with E-state index in [1.807, 2.05) is 45.2 Å². The number of nitrogens with zero attached hydrogens (tertiary/aromatic N) is 2. The molecule has 0 aliphatic rings. The van der Waals surface area contributed by atoms with E-state index in [-0.39, 0.29) is 29.3 Å². The molecule has 0 spiro atoms. The second-order valence-corrected chi connectivity index (χ2v) is 9.38. The molecule has 0 aliphatic heterocycles. The van der Waals surface area contributed by atoms with E-state index in [9.17, 15) is 22.8 Å². The lowest BCUT2D eigenvalue weighted by Gasteiger charge is -2.20. The molecule has 1 amide bonds. The minimum atomic E-state index is -4.54. The maximum atomic E-state index is 13.4. The first-order chi connectivity index (χ1) is 17.3. The van der Waals surface area contributed by atoms with E-state index in [4.69, 9.17) is 5.26 Å². The van der Waals surface area contributed by atoms with E-state index in [2.05, 4.69) is 11.1 Å². The number of benzene rings is 2. The fourth-order valence-corrected chi connectivity index (χ4v) is 4.52. The van der Waals surface area contributed by atoms with Crippen LogP contribution in [-0.2, 0) is 12.7 Å². The highest BCUT2D eigenvalue weighted by Gasteiger charge is 2.31. The van der Waals surface area contributed by atoms with Crippen LogP contribution in [0, 0.1) is 25.3 Å². The van der Waals surface area contributed by atoms with Gasteiger partial charge in [0, 0.05) is 34.9 Å². The fraction of sp³-hybridized carbons (Fsp3) is 0.296. The van der Waals surface area contributed by atoms with E-state index in [0.29, 0.717) is 5.69 Å². The summed E-state index contributed by atoms with van der Waals surface area (Å²) in [5, 5.41) is 9.88. The largest absolute Gasteiger partial charge is 0.416 e. The number of aromatic nitrogens is 1. The molecule has 0 saturated carbocycles. The number of hydrogen-bond donors (Lipinski definition) is 2. The molecule has 0 saturated heterocycles. The third-order valence-corrected chi connectivity index (χ3v) is 6.58. The average Bonchev–Trinajstić information content (AvgIpc) is 2.83. The summed E-state index contributed by atoms with van der Waals surface area (Å²) in [4.78, 5) is 27.5. The van der Waals surface area contributed by atoms with E-state index in [1.54, 1.807) is 23.3 Å². The van der Waals surface area contributed by atoms with Crippen molar-refractivity contribution in [3.63, 3.8) is 0 Å². The number of alkyl halides is 3. The predicted octanol–water partition coefficient (Wildman–Crippen LogP) is 5.81. The number of aryl methyl sites for hydroxylation is 1. The third kappa shape index (κ3) is 7.17. The molecule has 1 heterocycles. The molecule has 1 aromatic heterocycles. The van der Waals surface area contributed by atoms with Crippen molar-refractivity contribution in [1.82, 2.24) is 9.88 Å². The summed E-state index contributed by atoms with van der Waals surface area (Å²) in [7, 11) is 0. The number of pyridine rings is 1. The van der Waals surface area contributed by atoms with Crippen molar-refractivity contribution in [2.24, 2.45) is 5.73 Å². The van der Waals surface area contributed by atoms with Gasteiger partial charge in [0.1, 0.15) is 5.56 Å². The second kappa shape index (κ2) is 12.5. The summed E-state index contributed by atoms with van der Waals surface area (Å²) in [5.41, 5.74) is 5.29. The molecule has 196 valence electrons. The molecule has 0 unspecified atom stereocenters. The lowest BCUT2D eigenvalue weighted by atomic mass is 9.98. The van der Waals surface area contributed by atoms with Gasteiger partial charge in [0.2, 0.25) is 5.43 Å². The number of carbonyl (C=O) groups excluding carboxylic acids is 1. The van der Waals surface area contributed by atoms with Crippen LogP contribution in [0.3, 0.4) is 0 Å². The van der Waals surface area contributed by atoms with Gasteiger partial charge in [-0.25, -0.2) is 0 Å². The molecule has 3 aromatic rings. The van der Waals surface area contributed by atoms with Gasteiger partial charge in [-0.2, -0.15) is 18.4 Å². The molecule has 10 heteroatoms. The quantitative estimate of drug-likeness (QED) is 0.238. The number of nitriles is 1. The lowest BCUT2D eigenvalue weighted by molar-refractivity contribution is -0.137. The minimum absolute atomic E-state index is 0.0904. The van der Waals surface area contributed by atoms with Gasteiger partial charge in [0.25, 0.3) is 5.91 Å². The minimum Gasteiger partial charge on any atom is -0.348 e. The van der Waals surface area contributed by atoms with Crippen LogP contribution in [0.1, 0.15) is 52.6 Å². The van der Waals surface area contributed by atoms with Crippen LogP contribution in [0.2, 0.25) is 0 Å². The van der Waals surface area contributed by atoms with Gasteiger partial charge >= 0.3 is 6.18 Å². The van der Waals surface area contributed by atoms with Crippen molar-refractivity contribution in [1.29, 1.82) is 5.26 Å². The Labute approximate surface area is 218 Å². The highest BCUT2D eigenvalue weighted by atomic mass is 32.2. The number of nitrogens with one attached hydrogen (secondary N) is 1. The highest BCUT2D eigenvalue weighted by molar-refractivity contribution is 7.98. The van der Waals surface area contributed by atoms with Crippen LogP contribution in [0.15, 0.2) is 58.4 Å². The van der Waals surface area contributed by atoms with E-state index in [0.717, 1.165) is 28.2 Å². The number of carbonyl (C=O) groups is 1. The van der Waals surface area contributed by atoms with E-state index in [1.165, 1.54) is 24.5 Å². The highest BCUT2D eigenvalue weighted by Crippen LogP contribution is 2.32. The summed E-state index contributed by atoms with van der Waals surface area (Å²) < 4.78 is 41.6. The standard InChI is InChI=1S/C26H27F3N2O2S.CH2N2/c1-15(2)31-14-21(25(33)30-13-18-9-10-22(34-5)16(3)11-18)24(32)23(17(31)4)19-7-6-8-20(12-19)26(27,28)29;2-1-3/h6-12,14-15H,13H2,1-5H3,(H,30,33);2H2. The SMILES string of the molecule is CSc1ccc(CNC(=O)c2cn(C(C)C)c(C)c(-c3cccc(C(F)(F)F)c3)c2=O)cc1C.N#CN. The number of halogens is 3. The molecule has 3 N–H and O–H groups in total. The summed E-state index contributed by atoms with van der Waals surface area (Å²) >= 11 is 1.63. The van der Waals surface area contributed by atoms with Crippen molar-refractivity contribution in [2.75, 3.05) is 6.26 Å². The molecule has 6 nitrogen and oxygen atoms in total. The summed E-state index contributed by atoms with van der Waals surface area (Å²) in [6, 6.07) is 10.4. The molecule has 0 bridgehead atoms. The van der Waals surface area contributed by atoms with Crippen LogP contribution in [-0.4, -0.2) is 16.7 Å². The molecule has 0 atom stereocenters. The molecule has 0 fully saturated rings. The maximum Gasteiger partial charge on any atom is 0.416 e. The van der Waals surface area contributed by atoms with E-state index < -0.39 is 23.1 Å². The first-order valence-corrected chi connectivity index (χ1v) is 12.5. The van der Waals surface area contributed by atoms with Crippen molar-refractivity contribution in [3.05, 3.63) is 86.8 Å². The molecular formula is C27H29F3N4O2S. The number of nitrogens with two attached hydrogens (primary N) is 1. The molecule has 3 rings (SSSR count). The van der Waals surface area contributed by atoms with Crippen LogP contribution in [0.4, 0.5) is 13.2 Å². The zero-order chi connectivity index (χ0) is 27.9. The molecular weight excluding hydrogens is 501 g/mol. The molecule has 2 aromatic carbocycles. The Balaban J connectivity index is 0.00000153. The summed E-state index contributed by atoms with van der Waals surface area (Å²) in [5.74, 6) is -0.570. The van der Waals surface area contributed by atoms with Gasteiger partial charge in [-0.3, -0.25) is 9.59 Å². The number of rotatable bonds is 6. The Bertz CT molecular complexity index is 1380. The van der Waals surface area contributed by atoms with Gasteiger partial charge in [0.05, 0.1) is 5.56 Å². The summed E-state index contributed by atoms with van der Waals surface area (Å²) in [6.07, 6.45) is 0.180. The summed E-state index contributed by atoms with van der Waals surface area (Å²) in [6.45, 7) is 7.65. The van der Waals surface area contributed by atoms with Crippen molar-refractivity contribution < 1.29 is 18.0 Å². The lowest BCUT2D eigenvalue weighted by Crippen LogP contribution is -2.31.